The molecule has 0 fully saturated rings. The second-order valence-corrected chi connectivity index (χ2v) is 6.64. The summed E-state index contributed by atoms with van der Waals surface area (Å²) in [6, 6.07) is 15.7. The van der Waals surface area contributed by atoms with Crippen LogP contribution in [0.1, 0.15) is 39.2 Å². The Balaban J connectivity index is 2.05. The number of hydrogen-bond donors (Lipinski definition) is 1. The van der Waals surface area contributed by atoms with Crippen molar-refractivity contribution < 1.29 is 14.3 Å². The predicted molar refractivity (Wildman–Crippen MR) is 107 cm³/mol. The van der Waals surface area contributed by atoms with Gasteiger partial charge in [0.15, 0.2) is 10.9 Å². The number of rotatable bonds is 4. The smallest absolute Gasteiger partial charge is 0.337 e. The summed E-state index contributed by atoms with van der Waals surface area (Å²) in [6.45, 7) is 1.89. The summed E-state index contributed by atoms with van der Waals surface area (Å²) in [4.78, 5) is 26.7. The van der Waals surface area contributed by atoms with Gasteiger partial charge in [0.1, 0.15) is 0 Å². The maximum absolute atomic E-state index is 13.2. The van der Waals surface area contributed by atoms with Crippen molar-refractivity contribution in [1.82, 2.24) is 10.2 Å². The second-order valence-electron chi connectivity index (χ2n) is 6.25. The molecule has 2 aromatic rings. The number of benzene rings is 2. The number of nitrogens with one attached hydrogen (secondary N) is 1. The molecule has 1 N–H and O–H groups in total. The monoisotopic (exact) mass is 380 g/mol. The third-order valence-corrected chi connectivity index (χ3v) is 5.09. The Bertz CT molecular complexity index is 920. The van der Waals surface area contributed by atoms with E-state index in [1.807, 2.05) is 44.3 Å². The number of carbonyl (C=O) groups is 2. The average Bonchev–Trinajstić information content (AvgIpc) is 2.71. The highest BCUT2D eigenvalue weighted by Crippen LogP contribution is 2.32. The highest BCUT2D eigenvalue weighted by molar-refractivity contribution is 7.80. The van der Waals surface area contributed by atoms with Gasteiger partial charge < -0.3 is 15.0 Å². The van der Waals surface area contributed by atoms with Gasteiger partial charge >= 0.3 is 5.97 Å². The number of carbonyl (C=O) groups excluding carboxylic acids is 2. The van der Waals surface area contributed by atoms with Crippen LogP contribution in [0.3, 0.4) is 0 Å². The molecule has 1 aliphatic rings. The Morgan fingerprint density at radius 2 is 1.67 bits per heavy atom. The second kappa shape index (κ2) is 7.72. The van der Waals surface area contributed by atoms with E-state index in [4.69, 9.17) is 17.0 Å². The Morgan fingerprint density at radius 1 is 1.04 bits per heavy atom. The van der Waals surface area contributed by atoms with Crippen molar-refractivity contribution in [1.29, 1.82) is 0 Å². The van der Waals surface area contributed by atoms with Crippen LogP contribution in [-0.2, 0) is 4.74 Å². The fourth-order valence-corrected chi connectivity index (χ4v) is 3.31. The molecular weight excluding hydrogens is 360 g/mol. The molecule has 0 bridgehead atoms. The zero-order chi connectivity index (χ0) is 19.6. The Hall–Kier alpha value is -2.99. The maximum atomic E-state index is 13.2. The molecule has 1 atom stereocenters. The van der Waals surface area contributed by atoms with E-state index >= 15 is 0 Å². The van der Waals surface area contributed by atoms with Crippen LogP contribution in [0.25, 0.3) is 0 Å². The normalized spacial score (nSPS) is 16.8. The van der Waals surface area contributed by atoms with Crippen LogP contribution in [-0.4, -0.2) is 35.9 Å². The van der Waals surface area contributed by atoms with Crippen molar-refractivity contribution in [2.45, 2.75) is 13.0 Å². The lowest BCUT2D eigenvalue weighted by molar-refractivity contribution is 0.0600. The Labute approximate surface area is 163 Å². The number of Topliss-reactive ketones (excluding diaryl/α,β-unsaturated/α-hetero) is 1. The first-order valence-corrected chi connectivity index (χ1v) is 8.88. The molecule has 5 nitrogen and oxygen atoms in total. The lowest BCUT2D eigenvalue weighted by Crippen LogP contribution is -2.45. The maximum Gasteiger partial charge on any atom is 0.337 e. The fraction of sp³-hybridized carbons (Fsp3) is 0.190. The van der Waals surface area contributed by atoms with Gasteiger partial charge in [0.2, 0.25) is 0 Å². The molecule has 0 aromatic heterocycles. The summed E-state index contributed by atoms with van der Waals surface area (Å²) in [5.74, 6) is -0.460. The van der Waals surface area contributed by atoms with Gasteiger partial charge in [-0.25, -0.2) is 4.79 Å². The molecule has 0 aliphatic carbocycles. The SMILES string of the molecule is COC(=O)c1ccc(C2NC(=S)N(C)C(C)=C2C(=O)c2ccccc2)cc1. The number of esters is 1. The number of methoxy groups -OCH3 is 1. The molecule has 0 radical (unpaired) electrons. The molecular formula is C21H20N2O3S. The molecule has 3 rings (SSSR count). The molecule has 0 spiro atoms. The minimum atomic E-state index is -0.402. The van der Waals surface area contributed by atoms with E-state index in [0.29, 0.717) is 21.8 Å². The van der Waals surface area contributed by atoms with Crippen LogP contribution in [0.2, 0.25) is 0 Å². The highest BCUT2D eigenvalue weighted by Gasteiger charge is 2.32. The number of nitrogens with zero attached hydrogens (tertiary/aromatic N) is 1. The lowest BCUT2D eigenvalue weighted by Gasteiger charge is -2.36. The minimum Gasteiger partial charge on any atom is -0.465 e. The van der Waals surface area contributed by atoms with E-state index in [0.717, 1.165) is 11.3 Å². The number of ether oxygens (including phenoxy) is 1. The van der Waals surface area contributed by atoms with E-state index in [1.54, 1.807) is 29.2 Å². The van der Waals surface area contributed by atoms with E-state index in [2.05, 4.69) is 5.32 Å². The van der Waals surface area contributed by atoms with Gasteiger partial charge in [0, 0.05) is 23.9 Å². The van der Waals surface area contributed by atoms with Crippen molar-refractivity contribution in [3.05, 3.63) is 82.6 Å². The summed E-state index contributed by atoms with van der Waals surface area (Å²) >= 11 is 5.42. The van der Waals surface area contributed by atoms with Crippen molar-refractivity contribution in [3.8, 4) is 0 Å². The molecule has 1 heterocycles. The van der Waals surface area contributed by atoms with Crippen LogP contribution >= 0.6 is 12.2 Å². The third-order valence-electron chi connectivity index (χ3n) is 4.70. The van der Waals surface area contributed by atoms with Gasteiger partial charge in [-0.2, -0.15) is 0 Å². The standard InChI is InChI=1S/C21H20N2O3S/c1-13-17(19(24)15-7-5-4-6-8-15)18(22-21(27)23(13)2)14-9-11-16(12-10-14)20(25)26-3/h4-12,18H,1-3H3,(H,22,27). The molecule has 138 valence electrons. The summed E-state index contributed by atoms with van der Waals surface area (Å²) in [6.07, 6.45) is 0. The van der Waals surface area contributed by atoms with E-state index < -0.39 is 12.0 Å². The average molecular weight is 380 g/mol. The van der Waals surface area contributed by atoms with Gasteiger partial charge in [-0.3, -0.25) is 4.79 Å². The number of allylic oxidation sites excluding steroid dienone is 1. The first-order valence-electron chi connectivity index (χ1n) is 8.47. The predicted octanol–water partition coefficient (Wildman–Crippen LogP) is 3.49. The van der Waals surface area contributed by atoms with Crippen molar-refractivity contribution in [2.24, 2.45) is 0 Å². The molecule has 2 aromatic carbocycles. The van der Waals surface area contributed by atoms with E-state index in [1.165, 1.54) is 7.11 Å². The molecule has 0 saturated carbocycles. The fourth-order valence-electron chi connectivity index (χ4n) is 3.05. The Morgan fingerprint density at radius 3 is 2.26 bits per heavy atom. The van der Waals surface area contributed by atoms with Gasteiger partial charge in [0.25, 0.3) is 0 Å². The van der Waals surface area contributed by atoms with E-state index in [9.17, 15) is 9.59 Å². The quantitative estimate of drug-likeness (QED) is 0.498. The number of thiocarbonyl (C=S) groups is 1. The van der Waals surface area contributed by atoms with Gasteiger partial charge in [-0.1, -0.05) is 42.5 Å². The molecule has 0 saturated heterocycles. The molecule has 27 heavy (non-hydrogen) atoms. The van der Waals surface area contributed by atoms with Crippen LogP contribution in [0.5, 0.6) is 0 Å². The molecule has 6 heteroatoms. The lowest BCUT2D eigenvalue weighted by atomic mass is 9.89. The van der Waals surface area contributed by atoms with Crippen molar-refractivity contribution in [2.75, 3.05) is 14.2 Å². The first kappa shape index (κ1) is 18.8. The Kier molecular flexibility index (Phi) is 5.37. The first-order chi connectivity index (χ1) is 12.9. The highest BCUT2D eigenvalue weighted by atomic mass is 32.1. The summed E-state index contributed by atoms with van der Waals surface area (Å²) in [7, 11) is 3.18. The zero-order valence-corrected chi connectivity index (χ0v) is 16.2. The van der Waals surface area contributed by atoms with Crippen LogP contribution in [0.15, 0.2) is 65.9 Å². The number of hydrogen-bond acceptors (Lipinski definition) is 4. The molecule has 1 unspecified atom stereocenters. The molecule has 1 aliphatic heterocycles. The minimum absolute atomic E-state index is 0.0583. The topological polar surface area (TPSA) is 58.6 Å². The van der Waals surface area contributed by atoms with Crippen molar-refractivity contribution in [3.63, 3.8) is 0 Å². The van der Waals surface area contributed by atoms with Crippen molar-refractivity contribution >= 4 is 29.1 Å². The summed E-state index contributed by atoms with van der Waals surface area (Å²) < 4.78 is 4.74. The summed E-state index contributed by atoms with van der Waals surface area (Å²) in [5.41, 5.74) is 3.34. The largest absolute Gasteiger partial charge is 0.465 e. The summed E-state index contributed by atoms with van der Waals surface area (Å²) in [5, 5.41) is 3.78. The van der Waals surface area contributed by atoms with Crippen LogP contribution in [0.4, 0.5) is 0 Å². The van der Waals surface area contributed by atoms with Gasteiger partial charge in [0.05, 0.1) is 18.7 Å². The van der Waals surface area contributed by atoms with Gasteiger partial charge in [-0.15, -0.1) is 0 Å². The zero-order valence-electron chi connectivity index (χ0n) is 15.4. The van der Waals surface area contributed by atoms with Gasteiger partial charge in [-0.05, 0) is 36.8 Å². The van der Waals surface area contributed by atoms with Crippen LogP contribution < -0.4 is 5.32 Å². The third kappa shape index (κ3) is 3.61. The molecule has 0 amide bonds. The van der Waals surface area contributed by atoms with E-state index in [-0.39, 0.29) is 5.78 Å². The number of ketones is 1. The van der Waals surface area contributed by atoms with Crippen LogP contribution in [0, 0.1) is 0 Å².